The van der Waals surface area contributed by atoms with Crippen LogP contribution in [0.5, 0.6) is 0 Å². The lowest BCUT2D eigenvalue weighted by molar-refractivity contribution is -0.136. The summed E-state index contributed by atoms with van der Waals surface area (Å²) in [5.74, 6) is 0.182. The summed E-state index contributed by atoms with van der Waals surface area (Å²) in [4.78, 5) is 24.7. The number of rotatable bonds is 5. The number of esters is 1. The molecule has 0 fully saturated rings. The summed E-state index contributed by atoms with van der Waals surface area (Å²) in [5, 5.41) is 5.66. The molecule has 1 amide bonds. The van der Waals surface area contributed by atoms with E-state index in [-0.39, 0.29) is 0 Å². The van der Waals surface area contributed by atoms with Crippen LogP contribution in [0.15, 0.2) is 81.1 Å². The predicted octanol–water partition coefficient (Wildman–Crippen LogP) is 3.41. The Bertz CT molecular complexity index is 946. The number of hydrazone groups is 1. The number of carbonyl (C=O) groups is 2. The number of hydrogen-bond donors (Lipinski definition) is 0. The highest BCUT2D eigenvalue weighted by atomic mass is 16.5. The van der Waals surface area contributed by atoms with Crippen LogP contribution < -0.4 is 0 Å². The van der Waals surface area contributed by atoms with Gasteiger partial charge in [-0.3, -0.25) is 4.79 Å². The van der Waals surface area contributed by atoms with Crippen molar-refractivity contribution in [2.45, 2.75) is 12.5 Å². The normalized spacial score (nSPS) is 16.2. The molecule has 7 heteroatoms. The van der Waals surface area contributed by atoms with Gasteiger partial charge in [-0.1, -0.05) is 18.2 Å². The summed E-state index contributed by atoms with van der Waals surface area (Å²) in [6, 6.07) is 15.2. The molecule has 1 aromatic carbocycles. The van der Waals surface area contributed by atoms with Gasteiger partial charge < -0.3 is 13.6 Å². The van der Waals surface area contributed by atoms with Crippen LogP contribution >= 0.6 is 0 Å². The van der Waals surface area contributed by atoms with Crippen molar-refractivity contribution in [3.8, 4) is 0 Å². The van der Waals surface area contributed by atoms with Crippen molar-refractivity contribution in [2.75, 3.05) is 6.61 Å². The summed E-state index contributed by atoms with van der Waals surface area (Å²) < 4.78 is 16.0. The van der Waals surface area contributed by atoms with Gasteiger partial charge in [0.25, 0.3) is 5.91 Å². The monoisotopic (exact) mass is 364 g/mol. The van der Waals surface area contributed by atoms with Gasteiger partial charge in [0.05, 0.1) is 18.1 Å². The highest BCUT2D eigenvalue weighted by Gasteiger charge is 2.36. The summed E-state index contributed by atoms with van der Waals surface area (Å²) in [5.41, 5.74) is 1.01. The van der Waals surface area contributed by atoms with Gasteiger partial charge in [-0.2, -0.15) is 5.10 Å². The van der Waals surface area contributed by atoms with E-state index in [0.717, 1.165) is 0 Å². The molecule has 1 unspecified atom stereocenters. The van der Waals surface area contributed by atoms with Gasteiger partial charge in [0.1, 0.15) is 23.3 Å². The topological polar surface area (TPSA) is 85.3 Å². The Kier molecular flexibility index (Phi) is 4.57. The van der Waals surface area contributed by atoms with Crippen molar-refractivity contribution in [1.82, 2.24) is 5.01 Å². The molecule has 136 valence electrons. The van der Waals surface area contributed by atoms with E-state index in [1.54, 1.807) is 60.9 Å². The van der Waals surface area contributed by atoms with Crippen molar-refractivity contribution in [1.29, 1.82) is 0 Å². The zero-order valence-electron chi connectivity index (χ0n) is 14.3. The van der Waals surface area contributed by atoms with E-state index in [1.807, 2.05) is 0 Å². The fourth-order valence-corrected chi connectivity index (χ4v) is 2.89. The third-order valence-corrected chi connectivity index (χ3v) is 4.18. The van der Waals surface area contributed by atoms with E-state index in [0.29, 0.717) is 29.2 Å². The SMILES string of the molecule is O=C(OCC(=O)N1N=C(c2ccco2)CC1c1ccco1)c1ccccc1. The first-order valence-electron chi connectivity index (χ1n) is 8.41. The summed E-state index contributed by atoms with van der Waals surface area (Å²) in [6.07, 6.45) is 3.53. The lowest BCUT2D eigenvalue weighted by Crippen LogP contribution is -2.31. The third kappa shape index (κ3) is 3.52. The second-order valence-corrected chi connectivity index (χ2v) is 5.94. The fourth-order valence-electron chi connectivity index (χ4n) is 2.89. The van der Waals surface area contributed by atoms with Gasteiger partial charge in [0.2, 0.25) is 0 Å². The minimum atomic E-state index is -0.562. The number of amides is 1. The van der Waals surface area contributed by atoms with E-state index in [4.69, 9.17) is 13.6 Å². The Morgan fingerprint density at radius 2 is 1.81 bits per heavy atom. The predicted molar refractivity (Wildman–Crippen MR) is 94.9 cm³/mol. The molecule has 1 aliphatic rings. The van der Waals surface area contributed by atoms with Crippen LogP contribution in [0.3, 0.4) is 0 Å². The van der Waals surface area contributed by atoms with Gasteiger partial charge in [-0.15, -0.1) is 0 Å². The molecule has 2 aromatic heterocycles. The number of nitrogens with zero attached hydrogens (tertiary/aromatic N) is 2. The molecule has 27 heavy (non-hydrogen) atoms. The first kappa shape index (κ1) is 16.8. The maximum Gasteiger partial charge on any atom is 0.338 e. The van der Waals surface area contributed by atoms with Gasteiger partial charge >= 0.3 is 5.97 Å². The van der Waals surface area contributed by atoms with Crippen LogP contribution in [0.25, 0.3) is 0 Å². The lowest BCUT2D eigenvalue weighted by Gasteiger charge is -2.19. The van der Waals surface area contributed by atoms with Crippen LogP contribution in [-0.4, -0.2) is 29.2 Å². The molecular formula is C20H16N2O5. The molecular weight excluding hydrogens is 348 g/mol. The molecule has 3 heterocycles. The Hall–Kier alpha value is -3.61. The molecule has 7 nitrogen and oxygen atoms in total. The molecule has 4 rings (SSSR count). The number of ether oxygens (including phenoxy) is 1. The molecule has 0 saturated carbocycles. The number of carbonyl (C=O) groups excluding carboxylic acids is 2. The smallest absolute Gasteiger partial charge is 0.338 e. The molecule has 0 N–H and O–H groups in total. The zero-order valence-corrected chi connectivity index (χ0v) is 14.3. The molecule has 1 atom stereocenters. The van der Waals surface area contributed by atoms with Crippen molar-refractivity contribution < 1.29 is 23.2 Å². The van der Waals surface area contributed by atoms with Crippen LogP contribution in [0, 0.1) is 0 Å². The highest BCUT2D eigenvalue weighted by molar-refractivity contribution is 6.01. The van der Waals surface area contributed by atoms with Gasteiger partial charge in [0, 0.05) is 6.42 Å². The van der Waals surface area contributed by atoms with Gasteiger partial charge in [-0.05, 0) is 36.4 Å². The third-order valence-electron chi connectivity index (χ3n) is 4.18. The van der Waals surface area contributed by atoms with Crippen LogP contribution in [0.1, 0.15) is 34.3 Å². The molecule has 1 aliphatic heterocycles. The molecule has 0 radical (unpaired) electrons. The second-order valence-electron chi connectivity index (χ2n) is 5.94. The molecule has 0 aliphatic carbocycles. The molecule has 3 aromatic rings. The Morgan fingerprint density at radius 3 is 2.52 bits per heavy atom. The van der Waals surface area contributed by atoms with Gasteiger partial charge in [0.15, 0.2) is 6.61 Å². The average Bonchev–Trinajstić information content (AvgIpc) is 3.46. The quantitative estimate of drug-likeness (QED) is 0.648. The minimum Gasteiger partial charge on any atom is -0.467 e. The van der Waals surface area contributed by atoms with E-state index in [9.17, 15) is 9.59 Å². The standard InChI is InChI=1S/C20H16N2O5/c23-19(13-27-20(24)14-6-2-1-3-7-14)22-16(18-9-5-11-26-18)12-15(21-22)17-8-4-10-25-17/h1-11,16H,12-13H2. The number of hydrogen-bond acceptors (Lipinski definition) is 6. The van der Waals surface area contributed by atoms with Crippen molar-refractivity contribution in [3.63, 3.8) is 0 Å². The molecule has 0 bridgehead atoms. The largest absolute Gasteiger partial charge is 0.467 e. The van der Waals surface area contributed by atoms with Gasteiger partial charge in [-0.25, -0.2) is 9.80 Å². The summed E-state index contributed by atoms with van der Waals surface area (Å²) >= 11 is 0. The minimum absolute atomic E-state index is 0.383. The second kappa shape index (κ2) is 7.33. The van der Waals surface area contributed by atoms with E-state index in [1.165, 1.54) is 11.3 Å². The highest BCUT2D eigenvalue weighted by Crippen LogP contribution is 2.33. The maximum atomic E-state index is 12.7. The number of furan rings is 2. The molecule has 0 saturated heterocycles. The fraction of sp³-hybridized carbons (Fsp3) is 0.150. The summed E-state index contributed by atoms with van der Waals surface area (Å²) in [7, 11) is 0. The maximum absolute atomic E-state index is 12.7. The van der Waals surface area contributed by atoms with Crippen molar-refractivity contribution in [2.24, 2.45) is 5.10 Å². The first-order valence-corrected chi connectivity index (χ1v) is 8.41. The Labute approximate surface area is 154 Å². The van der Waals surface area contributed by atoms with E-state index >= 15 is 0 Å². The first-order chi connectivity index (χ1) is 13.2. The zero-order chi connectivity index (χ0) is 18.6. The van der Waals surface area contributed by atoms with Crippen LogP contribution in [0.2, 0.25) is 0 Å². The lowest BCUT2D eigenvalue weighted by atomic mass is 10.1. The Balaban J connectivity index is 1.50. The van der Waals surface area contributed by atoms with Crippen molar-refractivity contribution >= 4 is 17.6 Å². The van der Waals surface area contributed by atoms with Crippen LogP contribution in [0.4, 0.5) is 0 Å². The summed E-state index contributed by atoms with van der Waals surface area (Å²) in [6.45, 7) is -0.417. The van der Waals surface area contributed by atoms with Crippen molar-refractivity contribution in [3.05, 3.63) is 84.2 Å². The van der Waals surface area contributed by atoms with E-state index in [2.05, 4.69) is 5.10 Å². The number of benzene rings is 1. The van der Waals surface area contributed by atoms with E-state index < -0.39 is 24.5 Å². The Morgan fingerprint density at radius 1 is 1.04 bits per heavy atom. The van der Waals surface area contributed by atoms with Crippen LogP contribution in [-0.2, 0) is 9.53 Å². The average molecular weight is 364 g/mol. The molecule has 0 spiro atoms.